The molecule has 1 fully saturated rings. The number of fused-ring (bicyclic) bond motifs is 1. The zero-order valence-electron chi connectivity index (χ0n) is 14.2. The molecule has 2 aromatic rings. The highest BCUT2D eigenvalue weighted by Gasteiger charge is 2.18. The fourth-order valence-electron chi connectivity index (χ4n) is 3.43. The summed E-state index contributed by atoms with van der Waals surface area (Å²) in [6.45, 7) is 8.30. The summed E-state index contributed by atoms with van der Waals surface area (Å²) >= 11 is 0. The maximum atomic E-state index is 12.2. The molecule has 1 aromatic carbocycles. The number of aromatic nitrogens is 1. The van der Waals surface area contributed by atoms with E-state index >= 15 is 0 Å². The SMILES string of the molecule is C=CCOC1CCN(CCCn2c(=O)ccc3ccccc32)CC1. The van der Waals surface area contributed by atoms with Crippen LogP contribution < -0.4 is 5.56 Å². The van der Waals surface area contributed by atoms with Gasteiger partial charge in [-0.15, -0.1) is 6.58 Å². The predicted molar refractivity (Wildman–Crippen MR) is 98.4 cm³/mol. The van der Waals surface area contributed by atoms with Gasteiger partial charge in [0.05, 0.1) is 18.2 Å². The van der Waals surface area contributed by atoms with Gasteiger partial charge < -0.3 is 14.2 Å². The topological polar surface area (TPSA) is 34.5 Å². The fourth-order valence-corrected chi connectivity index (χ4v) is 3.43. The first-order valence-electron chi connectivity index (χ1n) is 8.81. The van der Waals surface area contributed by atoms with Crippen LogP contribution in [0.25, 0.3) is 10.9 Å². The first kappa shape index (κ1) is 16.9. The normalized spacial score (nSPS) is 16.5. The first-order valence-corrected chi connectivity index (χ1v) is 8.81. The number of rotatable bonds is 7. The maximum absolute atomic E-state index is 12.2. The molecule has 0 aliphatic carbocycles. The van der Waals surface area contributed by atoms with Gasteiger partial charge in [0.25, 0.3) is 5.56 Å². The van der Waals surface area contributed by atoms with E-state index in [2.05, 4.69) is 17.5 Å². The quantitative estimate of drug-likeness (QED) is 0.734. The van der Waals surface area contributed by atoms with Crippen molar-refractivity contribution in [2.45, 2.75) is 31.9 Å². The van der Waals surface area contributed by atoms with Crippen molar-refractivity contribution in [3.63, 3.8) is 0 Å². The number of hydrogen-bond donors (Lipinski definition) is 0. The molecule has 0 atom stereocenters. The summed E-state index contributed by atoms with van der Waals surface area (Å²) in [6.07, 6.45) is 5.35. The molecule has 0 spiro atoms. The van der Waals surface area contributed by atoms with Crippen molar-refractivity contribution in [3.05, 3.63) is 59.4 Å². The monoisotopic (exact) mass is 326 g/mol. The summed E-state index contributed by atoms with van der Waals surface area (Å²) in [4.78, 5) is 14.7. The Kier molecular flexibility index (Phi) is 5.83. The van der Waals surface area contributed by atoms with E-state index in [1.807, 2.05) is 34.9 Å². The number of likely N-dealkylation sites (tertiary alicyclic amines) is 1. The summed E-state index contributed by atoms with van der Waals surface area (Å²) < 4.78 is 7.63. The Balaban J connectivity index is 1.52. The molecule has 128 valence electrons. The van der Waals surface area contributed by atoms with E-state index < -0.39 is 0 Å². The van der Waals surface area contributed by atoms with E-state index in [0.717, 1.165) is 56.3 Å². The zero-order chi connectivity index (χ0) is 16.8. The molecule has 24 heavy (non-hydrogen) atoms. The highest BCUT2D eigenvalue weighted by atomic mass is 16.5. The van der Waals surface area contributed by atoms with Crippen LogP contribution in [0, 0.1) is 0 Å². The molecule has 1 saturated heterocycles. The number of para-hydroxylation sites is 1. The molecule has 1 aliphatic rings. The Morgan fingerprint density at radius 3 is 2.71 bits per heavy atom. The van der Waals surface area contributed by atoms with Crippen molar-refractivity contribution in [1.29, 1.82) is 0 Å². The minimum Gasteiger partial charge on any atom is -0.374 e. The van der Waals surface area contributed by atoms with Gasteiger partial charge >= 0.3 is 0 Å². The van der Waals surface area contributed by atoms with Gasteiger partial charge in [0.1, 0.15) is 0 Å². The molecule has 4 nitrogen and oxygen atoms in total. The Morgan fingerprint density at radius 1 is 1.12 bits per heavy atom. The van der Waals surface area contributed by atoms with Crippen LogP contribution in [-0.4, -0.2) is 41.8 Å². The minimum absolute atomic E-state index is 0.0882. The van der Waals surface area contributed by atoms with Crippen LogP contribution in [-0.2, 0) is 11.3 Å². The second kappa shape index (κ2) is 8.27. The van der Waals surface area contributed by atoms with Gasteiger partial charge in [-0.25, -0.2) is 0 Å². The predicted octanol–water partition coefficient (Wildman–Crippen LogP) is 3.06. The Bertz CT molecular complexity index is 730. The van der Waals surface area contributed by atoms with Crippen molar-refractivity contribution >= 4 is 10.9 Å². The molecule has 0 radical (unpaired) electrons. The van der Waals surface area contributed by atoms with Crippen LogP contribution >= 0.6 is 0 Å². The average Bonchev–Trinajstić information content (AvgIpc) is 2.63. The van der Waals surface area contributed by atoms with Gasteiger partial charge in [-0.3, -0.25) is 4.79 Å². The number of pyridine rings is 1. The molecule has 3 rings (SSSR count). The maximum Gasteiger partial charge on any atom is 0.251 e. The van der Waals surface area contributed by atoms with E-state index in [1.165, 1.54) is 0 Å². The highest BCUT2D eigenvalue weighted by Crippen LogP contribution is 2.15. The van der Waals surface area contributed by atoms with Crippen LogP contribution in [0.2, 0.25) is 0 Å². The van der Waals surface area contributed by atoms with E-state index in [4.69, 9.17) is 4.74 Å². The standard InChI is InChI=1S/C20H26N2O2/c1-2-16-24-18-10-14-21(15-11-18)12-5-13-22-19-7-4-3-6-17(19)8-9-20(22)23/h2-4,6-9,18H,1,5,10-16H2. The van der Waals surface area contributed by atoms with Crippen molar-refractivity contribution in [2.24, 2.45) is 0 Å². The van der Waals surface area contributed by atoms with E-state index in [9.17, 15) is 4.79 Å². The van der Waals surface area contributed by atoms with Crippen LogP contribution in [0.4, 0.5) is 0 Å². The number of hydrogen-bond acceptors (Lipinski definition) is 3. The summed E-state index contributed by atoms with van der Waals surface area (Å²) in [5.74, 6) is 0. The van der Waals surface area contributed by atoms with E-state index in [1.54, 1.807) is 6.07 Å². The van der Waals surface area contributed by atoms with Crippen molar-refractivity contribution in [1.82, 2.24) is 9.47 Å². The van der Waals surface area contributed by atoms with Gasteiger partial charge in [0, 0.05) is 25.7 Å². The average molecular weight is 326 g/mol. The lowest BCUT2D eigenvalue weighted by atomic mass is 10.1. The number of aryl methyl sites for hydroxylation is 1. The summed E-state index contributed by atoms with van der Waals surface area (Å²) in [5.41, 5.74) is 1.12. The van der Waals surface area contributed by atoms with Crippen LogP contribution in [0.5, 0.6) is 0 Å². The smallest absolute Gasteiger partial charge is 0.251 e. The first-order chi connectivity index (χ1) is 11.8. The zero-order valence-corrected chi connectivity index (χ0v) is 14.2. The lowest BCUT2D eigenvalue weighted by Gasteiger charge is -2.31. The van der Waals surface area contributed by atoms with Crippen LogP contribution in [0.1, 0.15) is 19.3 Å². The third-order valence-electron chi connectivity index (χ3n) is 4.74. The van der Waals surface area contributed by atoms with Crippen LogP contribution in [0.3, 0.4) is 0 Å². The van der Waals surface area contributed by atoms with Gasteiger partial charge in [-0.1, -0.05) is 24.3 Å². The van der Waals surface area contributed by atoms with Gasteiger partial charge in [-0.2, -0.15) is 0 Å². The Hall–Kier alpha value is -1.91. The minimum atomic E-state index is 0.0882. The summed E-state index contributed by atoms with van der Waals surface area (Å²) in [7, 11) is 0. The third-order valence-corrected chi connectivity index (χ3v) is 4.74. The molecule has 0 N–H and O–H groups in total. The molecular weight excluding hydrogens is 300 g/mol. The lowest BCUT2D eigenvalue weighted by molar-refractivity contribution is 0.0217. The molecule has 2 heterocycles. The third kappa shape index (κ3) is 4.13. The highest BCUT2D eigenvalue weighted by molar-refractivity contribution is 5.78. The number of ether oxygens (including phenoxy) is 1. The summed E-state index contributed by atoms with van der Waals surface area (Å²) in [6, 6.07) is 11.7. The fraction of sp³-hybridized carbons (Fsp3) is 0.450. The van der Waals surface area contributed by atoms with E-state index in [-0.39, 0.29) is 5.56 Å². The Labute approximate surface area is 143 Å². The van der Waals surface area contributed by atoms with Crippen molar-refractivity contribution in [3.8, 4) is 0 Å². The molecule has 0 amide bonds. The largest absolute Gasteiger partial charge is 0.374 e. The molecule has 0 bridgehead atoms. The Morgan fingerprint density at radius 2 is 1.92 bits per heavy atom. The van der Waals surface area contributed by atoms with E-state index in [0.29, 0.717) is 12.7 Å². The molecule has 0 saturated carbocycles. The number of nitrogens with zero attached hydrogens (tertiary/aromatic N) is 2. The molecular formula is C20H26N2O2. The van der Waals surface area contributed by atoms with Gasteiger partial charge in [0.15, 0.2) is 0 Å². The van der Waals surface area contributed by atoms with Crippen molar-refractivity contribution < 1.29 is 4.74 Å². The molecule has 1 aromatic heterocycles. The second-order valence-electron chi connectivity index (χ2n) is 6.40. The lowest BCUT2D eigenvalue weighted by Crippen LogP contribution is -2.38. The van der Waals surface area contributed by atoms with Gasteiger partial charge in [0.2, 0.25) is 0 Å². The number of benzene rings is 1. The van der Waals surface area contributed by atoms with Gasteiger partial charge in [-0.05, 0) is 43.3 Å². The summed E-state index contributed by atoms with van der Waals surface area (Å²) in [5, 5.41) is 1.12. The molecule has 4 heteroatoms. The van der Waals surface area contributed by atoms with Crippen LogP contribution in [0.15, 0.2) is 53.8 Å². The second-order valence-corrected chi connectivity index (χ2v) is 6.40. The number of piperidine rings is 1. The molecule has 1 aliphatic heterocycles. The molecule has 0 unspecified atom stereocenters. The van der Waals surface area contributed by atoms with Crippen molar-refractivity contribution in [2.75, 3.05) is 26.2 Å².